The molecule has 1 heterocycles. The van der Waals surface area contributed by atoms with E-state index < -0.39 is 41.2 Å². The standard InChI is InChI=1S/C31H46F6O3/c1-19(13-9-15-21(3)30(32,33)34)11-8-12-20(2)14-10-17-29(7)18-16-25-26(31(35,36)37)28(39-24(6)38)23(5)22(4)27(25)40-29/h19-21H,8-18H2,1-7H3. The summed E-state index contributed by atoms with van der Waals surface area (Å²) in [6, 6.07) is 0. The monoisotopic (exact) mass is 580 g/mol. The number of alkyl halides is 6. The predicted molar refractivity (Wildman–Crippen MR) is 145 cm³/mol. The molecule has 0 fully saturated rings. The summed E-state index contributed by atoms with van der Waals surface area (Å²) in [6.07, 6.45) is -0.954. The third kappa shape index (κ3) is 9.57. The van der Waals surface area contributed by atoms with Crippen LogP contribution in [-0.2, 0) is 17.4 Å². The lowest BCUT2D eigenvalue weighted by Crippen LogP contribution is -2.37. The Hall–Kier alpha value is -1.93. The molecule has 1 aromatic rings. The highest BCUT2D eigenvalue weighted by Gasteiger charge is 2.44. The first kappa shape index (κ1) is 34.3. The van der Waals surface area contributed by atoms with Crippen LogP contribution in [0.4, 0.5) is 26.3 Å². The third-order valence-corrected chi connectivity index (χ3v) is 8.52. The maximum atomic E-state index is 14.1. The minimum atomic E-state index is -4.68. The molecule has 0 N–H and O–H groups in total. The van der Waals surface area contributed by atoms with Crippen LogP contribution in [0.3, 0.4) is 0 Å². The molecule has 3 nitrogen and oxygen atoms in total. The summed E-state index contributed by atoms with van der Waals surface area (Å²) in [5.74, 6) is -1.35. The Kier molecular flexibility index (Phi) is 11.8. The maximum absolute atomic E-state index is 14.1. The van der Waals surface area contributed by atoms with Gasteiger partial charge in [0, 0.05) is 12.5 Å². The second-order valence-corrected chi connectivity index (χ2v) is 12.3. The molecule has 0 radical (unpaired) electrons. The van der Waals surface area contributed by atoms with E-state index in [9.17, 15) is 31.1 Å². The largest absolute Gasteiger partial charge is 0.487 e. The second-order valence-electron chi connectivity index (χ2n) is 12.3. The molecule has 2 rings (SSSR count). The summed E-state index contributed by atoms with van der Waals surface area (Å²) in [7, 11) is 0. The third-order valence-electron chi connectivity index (χ3n) is 8.52. The summed E-state index contributed by atoms with van der Waals surface area (Å²) in [6.45, 7) is 11.8. The highest BCUT2D eigenvalue weighted by molar-refractivity contribution is 5.72. The zero-order chi connectivity index (χ0) is 30.5. The SMILES string of the molecule is CC(=O)Oc1c(C)c(C)c2c(c1C(F)(F)F)CCC(C)(CCCC(C)CCCC(C)CCCC(C)C(F)(F)F)O2. The molecule has 230 valence electrons. The summed E-state index contributed by atoms with van der Waals surface area (Å²) in [4.78, 5) is 11.5. The van der Waals surface area contributed by atoms with Crippen LogP contribution in [0.1, 0.15) is 121 Å². The Balaban J connectivity index is 1.89. The molecular weight excluding hydrogens is 534 g/mol. The number of esters is 1. The number of rotatable bonds is 13. The Labute approximate surface area is 235 Å². The molecule has 4 unspecified atom stereocenters. The highest BCUT2D eigenvalue weighted by Crippen LogP contribution is 2.50. The lowest BCUT2D eigenvalue weighted by molar-refractivity contribution is -0.171. The normalized spacial score (nSPS) is 19.9. The van der Waals surface area contributed by atoms with Crippen molar-refractivity contribution in [2.75, 3.05) is 0 Å². The molecule has 1 aromatic carbocycles. The van der Waals surface area contributed by atoms with E-state index in [0.29, 0.717) is 30.2 Å². The van der Waals surface area contributed by atoms with Crippen LogP contribution in [-0.4, -0.2) is 17.7 Å². The molecule has 9 heteroatoms. The fourth-order valence-electron chi connectivity index (χ4n) is 5.68. The number of carbonyl (C=O) groups excluding carboxylic acids is 1. The number of carbonyl (C=O) groups is 1. The minimum absolute atomic E-state index is 0.0553. The predicted octanol–water partition coefficient (Wildman–Crippen LogP) is 10.3. The molecule has 1 aliphatic heterocycles. The first-order chi connectivity index (χ1) is 18.4. The van der Waals surface area contributed by atoms with E-state index in [4.69, 9.17) is 9.47 Å². The van der Waals surface area contributed by atoms with Crippen LogP contribution in [0, 0.1) is 31.6 Å². The second kappa shape index (κ2) is 13.8. The van der Waals surface area contributed by atoms with Crippen molar-refractivity contribution >= 4 is 5.97 Å². The lowest BCUT2D eigenvalue weighted by atomic mass is 9.83. The van der Waals surface area contributed by atoms with Crippen LogP contribution < -0.4 is 9.47 Å². The van der Waals surface area contributed by atoms with E-state index in [1.54, 1.807) is 6.92 Å². The fourth-order valence-corrected chi connectivity index (χ4v) is 5.68. The molecule has 0 amide bonds. The molecule has 40 heavy (non-hydrogen) atoms. The molecule has 0 aliphatic carbocycles. The quantitative estimate of drug-likeness (QED) is 0.132. The summed E-state index contributed by atoms with van der Waals surface area (Å²) in [5, 5.41) is 0. The van der Waals surface area contributed by atoms with Crippen molar-refractivity contribution in [3.8, 4) is 11.5 Å². The molecule has 0 saturated carbocycles. The van der Waals surface area contributed by atoms with Gasteiger partial charge in [-0.2, -0.15) is 26.3 Å². The lowest BCUT2D eigenvalue weighted by Gasteiger charge is -2.39. The Morgan fingerprint density at radius 3 is 1.93 bits per heavy atom. The van der Waals surface area contributed by atoms with Gasteiger partial charge in [0.05, 0.1) is 5.92 Å². The van der Waals surface area contributed by atoms with E-state index in [1.807, 2.05) is 6.92 Å². The Bertz CT molecular complexity index is 1000. The van der Waals surface area contributed by atoms with E-state index in [0.717, 1.165) is 51.9 Å². The number of ether oxygens (including phenoxy) is 2. The summed E-state index contributed by atoms with van der Waals surface area (Å²) < 4.78 is 91.5. The average Bonchev–Trinajstić information content (AvgIpc) is 2.81. The van der Waals surface area contributed by atoms with Gasteiger partial charge in [-0.25, -0.2) is 0 Å². The van der Waals surface area contributed by atoms with Gasteiger partial charge in [-0.3, -0.25) is 4.79 Å². The van der Waals surface area contributed by atoms with Gasteiger partial charge in [-0.15, -0.1) is 0 Å². The van der Waals surface area contributed by atoms with Crippen molar-refractivity contribution in [2.24, 2.45) is 17.8 Å². The Morgan fingerprint density at radius 2 is 1.43 bits per heavy atom. The summed E-state index contributed by atoms with van der Waals surface area (Å²) in [5.41, 5.74) is -0.637. The molecular formula is C31H46F6O3. The molecule has 0 spiro atoms. The minimum Gasteiger partial charge on any atom is -0.487 e. The van der Waals surface area contributed by atoms with Gasteiger partial charge < -0.3 is 9.47 Å². The Morgan fingerprint density at radius 1 is 0.900 bits per heavy atom. The highest BCUT2D eigenvalue weighted by atomic mass is 19.4. The number of hydrogen-bond acceptors (Lipinski definition) is 3. The van der Waals surface area contributed by atoms with Crippen molar-refractivity contribution in [1.82, 2.24) is 0 Å². The fraction of sp³-hybridized carbons (Fsp3) is 0.774. The van der Waals surface area contributed by atoms with E-state index in [-0.39, 0.29) is 29.7 Å². The smallest absolute Gasteiger partial charge is 0.420 e. The van der Waals surface area contributed by atoms with Crippen LogP contribution in [0.15, 0.2) is 0 Å². The zero-order valence-electron chi connectivity index (χ0n) is 25.0. The van der Waals surface area contributed by atoms with Crippen molar-refractivity contribution in [1.29, 1.82) is 0 Å². The molecule has 0 saturated heterocycles. The topological polar surface area (TPSA) is 35.5 Å². The van der Waals surface area contributed by atoms with Crippen LogP contribution >= 0.6 is 0 Å². The van der Waals surface area contributed by atoms with Gasteiger partial charge in [-0.1, -0.05) is 59.3 Å². The number of fused-ring (bicyclic) bond motifs is 1. The average molecular weight is 581 g/mol. The van der Waals surface area contributed by atoms with Gasteiger partial charge in [0.25, 0.3) is 0 Å². The first-order valence-electron chi connectivity index (χ1n) is 14.5. The van der Waals surface area contributed by atoms with Crippen molar-refractivity contribution < 1.29 is 40.6 Å². The van der Waals surface area contributed by atoms with Crippen LogP contribution in [0.25, 0.3) is 0 Å². The number of halogens is 6. The van der Waals surface area contributed by atoms with E-state index >= 15 is 0 Å². The van der Waals surface area contributed by atoms with Gasteiger partial charge in [0.1, 0.15) is 22.7 Å². The van der Waals surface area contributed by atoms with Gasteiger partial charge in [0.2, 0.25) is 0 Å². The molecule has 0 bridgehead atoms. The zero-order valence-corrected chi connectivity index (χ0v) is 25.0. The van der Waals surface area contributed by atoms with Crippen LogP contribution in [0.2, 0.25) is 0 Å². The maximum Gasteiger partial charge on any atom is 0.420 e. The first-order valence-corrected chi connectivity index (χ1v) is 14.5. The van der Waals surface area contributed by atoms with Gasteiger partial charge in [-0.05, 0) is 75.8 Å². The number of hydrogen-bond donors (Lipinski definition) is 0. The van der Waals surface area contributed by atoms with Gasteiger partial charge >= 0.3 is 18.3 Å². The summed E-state index contributed by atoms with van der Waals surface area (Å²) >= 11 is 0. The molecule has 1 aliphatic rings. The van der Waals surface area contributed by atoms with Gasteiger partial charge in [0.15, 0.2) is 0 Å². The van der Waals surface area contributed by atoms with Crippen molar-refractivity contribution in [3.63, 3.8) is 0 Å². The molecule has 4 atom stereocenters. The van der Waals surface area contributed by atoms with Crippen LogP contribution in [0.5, 0.6) is 11.5 Å². The van der Waals surface area contributed by atoms with E-state index in [2.05, 4.69) is 13.8 Å². The van der Waals surface area contributed by atoms with Crippen molar-refractivity contribution in [3.05, 3.63) is 22.3 Å². The van der Waals surface area contributed by atoms with Crippen molar-refractivity contribution in [2.45, 2.75) is 137 Å². The van der Waals surface area contributed by atoms with E-state index in [1.165, 1.54) is 13.8 Å². The molecule has 0 aromatic heterocycles. The number of benzene rings is 1.